The molecule has 0 bridgehead atoms. The highest BCUT2D eigenvalue weighted by Crippen LogP contribution is 2.18. The maximum Gasteiger partial charge on any atom is 0.412 e. The number of likely N-dealkylation sites (N-methyl/N-ethyl adjacent to an activating group) is 1. The summed E-state index contributed by atoms with van der Waals surface area (Å²) >= 11 is 0. The second-order valence-corrected chi connectivity index (χ2v) is 9.24. The van der Waals surface area contributed by atoms with Crippen LogP contribution in [0.5, 0.6) is 0 Å². The lowest BCUT2D eigenvalue weighted by Crippen LogP contribution is -2.47. The second kappa shape index (κ2) is 10.6. The van der Waals surface area contributed by atoms with E-state index in [4.69, 9.17) is 4.74 Å². The maximum atomic E-state index is 13.0. The molecule has 7 heteroatoms. The van der Waals surface area contributed by atoms with Crippen LogP contribution < -0.4 is 10.6 Å². The van der Waals surface area contributed by atoms with Crippen molar-refractivity contribution in [3.63, 3.8) is 0 Å². The highest BCUT2D eigenvalue weighted by Gasteiger charge is 2.22. The van der Waals surface area contributed by atoms with Crippen molar-refractivity contribution in [2.45, 2.75) is 32.4 Å². The number of carbonyl (C=O) groups excluding carboxylic acids is 2. The summed E-state index contributed by atoms with van der Waals surface area (Å²) in [6.45, 7) is 10.2. The third-order valence-electron chi connectivity index (χ3n) is 5.34. The number of ether oxygens (including phenoxy) is 1. The number of piperazine rings is 1. The van der Waals surface area contributed by atoms with Crippen molar-refractivity contribution in [2.75, 3.05) is 45.1 Å². The van der Waals surface area contributed by atoms with Crippen molar-refractivity contribution in [2.24, 2.45) is 0 Å². The molecule has 32 heavy (non-hydrogen) atoms. The van der Waals surface area contributed by atoms with Crippen molar-refractivity contribution in [1.29, 1.82) is 0 Å². The van der Waals surface area contributed by atoms with Crippen LogP contribution in [-0.2, 0) is 4.74 Å². The Labute approximate surface area is 190 Å². The van der Waals surface area contributed by atoms with Gasteiger partial charge in [-0.15, -0.1) is 0 Å². The van der Waals surface area contributed by atoms with E-state index in [1.54, 1.807) is 24.3 Å². The first-order valence-electron chi connectivity index (χ1n) is 11.1. The van der Waals surface area contributed by atoms with Gasteiger partial charge in [0, 0.05) is 44.0 Å². The van der Waals surface area contributed by atoms with Crippen LogP contribution in [0.4, 0.5) is 10.5 Å². The Balaban J connectivity index is 1.64. The minimum absolute atomic E-state index is 0.105. The zero-order chi connectivity index (χ0) is 23.1. The molecule has 1 aliphatic heterocycles. The lowest BCUT2D eigenvalue weighted by atomic mass is 10.0. The van der Waals surface area contributed by atoms with Gasteiger partial charge in [0.1, 0.15) is 5.60 Å². The molecule has 7 nitrogen and oxygen atoms in total. The van der Waals surface area contributed by atoms with Gasteiger partial charge in [0.05, 0.1) is 6.04 Å². The third-order valence-corrected chi connectivity index (χ3v) is 5.34. The molecule has 2 aromatic carbocycles. The highest BCUT2D eigenvalue weighted by atomic mass is 16.6. The first-order chi connectivity index (χ1) is 15.2. The van der Waals surface area contributed by atoms with E-state index in [1.807, 2.05) is 39.0 Å². The van der Waals surface area contributed by atoms with E-state index in [0.29, 0.717) is 11.3 Å². The first-order valence-corrected chi connectivity index (χ1v) is 11.1. The molecular weight excluding hydrogens is 404 g/mol. The van der Waals surface area contributed by atoms with Crippen LogP contribution in [-0.4, -0.2) is 67.2 Å². The number of amides is 2. The predicted octanol–water partition coefficient (Wildman–Crippen LogP) is 3.75. The SMILES string of the molecule is CN1CCN(CC(NC(=O)c2ccc(NC(=O)OC(C)(C)C)cc2)c2ccccc2)CC1. The zero-order valence-electron chi connectivity index (χ0n) is 19.4. The summed E-state index contributed by atoms with van der Waals surface area (Å²) in [5.41, 5.74) is 1.63. The van der Waals surface area contributed by atoms with Crippen molar-refractivity contribution in [1.82, 2.24) is 15.1 Å². The molecule has 1 atom stereocenters. The molecule has 0 saturated carbocycles. The molecule has 1 saturated heterocycles. The number of hydrogen-bond acceptors (Lipinski definition) is 5. The monoisotopic (exact) mass is 438 g/mol. The van der Waals surface area contributed by atoms with Gasteiger partial charge in [-0.3, -0.25) is 15.0 Å². The highest BCUT2D eigenvalue weighted by molar-refractivity contribution is 5.95. The van der Waals surface area contributed by atoms with Crippen LogP contribution in [0.1, 0.15) is 42.7 Å². The van der Waals surface area contributed by atoms with Crippen molar-refractivity contribution < 1.29 is 14.3 Å². The average molecular weight is 439 g/mol. The Bertz CT molecular complexity index is 886. The molecular formula is C25H34N4O3. The molecule has 2 aromatic rings. The minimum Gasteiger partial charge on any atom is -0.444 e. The van der Waals surface area contributed by atoms with Crippen LogP contribution in [0.3, 0.4) is 0 Å². The zero-order valence-corrected chi connectivity index (χ0v) is 19.4. The fourth-order valence-corrected chi connectivity index (χ4v) is 3.58. The Kier molecular flexibility index (Phi) is 7.88. The van der Waals surface area contributed by atoms with Crippen LogP contribution in [0, 0.1) is 0 Å². The Morgan fingerprint density at radius 1 is 0.969 bits per heavy atom. The molecule has 1 fully saturated rings. The van der Waals surface area contributed by atoms with Crippen LogP contribution in [0.2, 0.25) is 0 Å². The molecule has 0 radical (unpaired) electrons. The summed E-state index contributed by atoms with van der Waals surface area (Å²) in [5.74, 6) is -0.142. The lowest BCUT2D eigenvalue weighted by molar-refractivity contribution is 0.0635. The summed E-state index contributed by atoms with van der Waals surface area (Å²) in [4.78, 5) is 29.6. The van der Waals surface area contributed by atoms with Crippen molar-refractivity contribution in [3.05, 3.63) is 65.7 Å². The normalized spacial score (nSPS) is 16.2. The van der Waals surface area contributed by atoms with E-state index in [2.05, 4.69) is 39.6 Å². The number of nitrogens with zero attached hydrogens (tertiary/aromatic N) is 2. The van der Waals surface area contributed by atoms with Crippen LogP contribution in [0.25, 0.3) is 0 Å². The summed E-state index contributed by atoms with van der Waals surface area (Å²) in [5, 5.41) is 5.88. The van der Waals surface area contributed by atoms with Gasteiger partial charge in [0.25, 0.3) is 5.91 Å². The van der Waals surface area contributed by atoms with Crippen molar-refractivity contribution in [3.8, 4) is 0 Å². The predicted molar refractivity (Wildman–Crippen MR) is 127 cm³/mol. The molecule has 172 valence electrons. The van der Waals surface area contributed by atoms with E-state index in [0.717, 1.165) is 38.3 Å². The molecule has 1 heterocycles. The fourth-order valence-electron chi connectivity index (χ4n) is 3.58. The van der Waals surface area contributed by atoms with Gasteiger partial charge in [0.2, 0.25) is 0 Å². The number of anilines is 1. The second-order valence-electron chi connectivity index (χ2n) is 9.24. The van der Waals surface area contributed by atoms with Crippen LogP contribution in [0.15, 0.2) is 54.6 Å². The first kappa shape index (κ1) is 23.8. The van der Waals surface area contributed by atoms with Gasteiger partial charge in [-0.25, -0.2) is 4.79 Å². The quantitative estimate of drug-likeness (QED) is 0.719. The van der Waals surface area contributed by atoms with Crippen molar-refractivity contribution >= 4 is 17.7 Å². The summed E-state index contributed by atoms with van der Waals surface area (Å²) in [6.07, 6.45) is -0.522. The third kappa shape index (κ3) is 7.35. The topological polar surface area (TPSA) is 73.9 Å². The molecule has 0 aromatic heterocycles. The molecule has 2 amide bonds. The number of nitrogens with one attached hydrogen (secondary N) is 2. The number of benzene rings is 2. The minimum atomic E-state index is -0.569. The molecule has 0 spiro atoms. The van der Waals surface area contributed by atoms with E-state index in [1.165, 1.54) is 0 Å². The Morgan fingerprint density at radius 2 is 1.59 bits per heavy atom. The smallest absolute Gasteiger partial charge is 0.412 e. The number of hydrogen-bond donors (Lipinski definition) is 2. The van der Waals surface area contributed by atoms with E-state index in [-0.39, 0.29) is 11.9 Å². The molecule has 3 rings (SSSR count). The molecule has 1 unspecified atom stereocenters. The van der Waals surface area contributed by atoms with Gasteiger partial charge < -0.3 is 15.0 Å². The molecule has 1 aliphatic rings. The van der Waals surface area contributed by atoms with E-state index >= 15 is 0 Å². The summed E-state index contributed by atoms with van der Waals surface area (Å²) in [6, 6.07) is 16.8. The summed E-state index contributed by atoms with van der Waals surface area (Å²) in [7, 11) is 2.13. The number of rotatable bonds is 6. The van der Waals surface area contributed by atoms with Gasteiger partial charge >= 0.3 is 6.09 Å². The van der Waals surface area contributed by atoms with Crippen LogP contribution >= 0.6 is 0 Å². The Morgan fingerprint density at radius 3 is 2.19 bits per heavy atom. The van der Waals surface area contributed by atoms with E-state index in [9.17, 15) is 9.59 Å². The van der Waals surface area contributed by atoms with Gasteiger partial charge in [-0.05, 0) is 57.6 Å². The van der Waals surface area contributed by atoms with Gasteiger partial charge in [-0.2, -0.15) is 0 Å². The van der Waals surface area contributed by atoms with Gasteiger partial charge in [0.15, 0.2) is 0 Å². The standard InChI is InChI=1S/C25H34N4O3/c1-25(2,3)32-24(31)26-21-12-10-20(11-13-21)23(30)27-22(19-8-6-5-7-9-19)18-29-16-14-28(4)15-17-29/h5-13,22H,14-18H2,1-4H3,(H,26,31)(H,27,30). The molecule has 2 N–H and O–H groups in total. The Hall–Kier alpha value is -2.90. The largest absolute Gasteiger partial charge is 0.444 e. The maximum absolute atomic E-state index is 13.0. The van der Waals surface area contributed by atoms with E-state index < -0.39 is 11.7 Å². The number of carbonyl (C=O) groups is 2. The summed E-state index contributed by atoms with van der Waals surface area (Å²) < 4.78 is 5.26. The fraction of sp³-hybridized carbons (Fsp3) is 0.440. The lowest BCUT2D eigenvalue weighted by Gasteiger charge is -2.35. The van der Waals surface area contributed by atoms with Gasteiger partial charge in [-0.1, -0.05) is 30.3 Å². The average Bonchev–Trinajstić information content (AvgIpc) is 2.74. The molecule has 0 aliphatic carbocycles.